The van der Waals surface area contributed by atoms with E-state index in [1.54, 1.807) is 0 Å². The summed E-state index contributed by atoms with van der Waals surface area (Å²) in [6.07, 6.45) is -0.363. The molecule has 5 heteroatoms. The second-order valence-corrected chi connectivity index (χ2v) is 6.78. The summed E-state index contributed by atoms with van der Waals surface area (Å²) in [4.78, 5) is 16.6. The maximum Gasteiger partial charge on any atom is 0.251 e. The minimum Gasteiger partial charge on any atom is -0.368 e. The summed E-state index contributed by atoms with van der Waals surface area (Å²) in [6, 6.07) is 9.83. The molecule has 0 aliphatic carbocycles. The van der Waals surface area contributed by atoms with Gasteiger partial charge in [-0.2, -0.15) is 5.26 Å². The molecule has 1 aliphatic heterocycles. The van der Waals surface area contributed by atoms with Crippen LogP contribution in [0.2, 0.25) is 0 Å². The molecule has 2 rings (SSSR count). The average molecular weight is 329 g/mol. The number of nitrogens with zero attached hydrogens (tertiary/aromatic N) is 3. The Morgan fingerprint density at radius 1 is 1.17 bits per heavy atom. The molecule has 1 aliphatic rings. The van der Waals surface area contributed by atoms with Crippen LogP contribution in [0.1, 0.15) is 31.9 Å². The van der Waals surface area contributed by atoms with Gasteiger partial charge in [0.2, 0.25) is 0 Å². The van der Waals surface area contributed by atoms with E-state index in [0.717, 1.165) is 32.7 Å². The van der Waals surface area contributed by atoms with Crippen molar-refractivity contribution >= 4 is 5.91 Å². The zero-order valence-corrected chi connectivity index (χ0v) is 14.9. The molecule has 1 aromatic rings. The molecule has 0 aromatic heterocycles. The molecule has 0 N–H and O–H groups in total. The first kappa shape index (κ1) is 18.4. The van der Waals surface area contributed by atoms with Crippen LogP contribution in [0.5, 0.6) is 0 Å². The molecule has 0 unspecified atom stereocenters. The van der Waals surface area contributed by atoms with Crippen LogP contribution in [0, 0.1) is 17.2 Å². The van der Waals surface area contributed by atoms with Gasteiger partial charge in [-0.3, -0.25) is 9.69 Å². The number of hydrogen-bond donors (Lipinski definition) is 0. The topological polar surface area (TPSA) is 56.6 Å². The first-order chi connectivity index (χ1) is 11.5. The van der Waals surface area contributed by atoms with E-state index < -0.39 is 0 Å². The highest BCUT2D eigenvalue weighted by Gasteiger charge is 2.25. The van der Waals surface area contributed by atoms with Crippen LogP contribution < -0.4 is 0 Å². The zero-order chi connectivity index (χ0) is 17.5. The summed E-state index contributed by atoms with van der Waals surface area (Å²) >= 11 is 0. The fraction of sp³-hybridized carbons (Fsp3) is 0.579. The monoisotopic (exact) mass is 329 g/mol. The van der Waals surface area contributed by atoms with E-state index in [1.807, 2.05) is 36.1 Å². The molecule has 130 valence electrons. The first-order valence-corrected chi connectivity index (χ1v) is 8.61. The Hall–Kier alpha value is -1.90. The van der Waals surface area contributed by atoms with Crippen molar-refractivity contribution < 1.29 is 9.53 Å². The van der Waals surface area contributed by atoms with E-state index in [4.69, 9.17) is 10.00 Å². The summed E-state index contributed by atoms with van der Waals surface area (Å²) in [5, 5.41) is 8.84. The van der Waals surface area contributed by atoms with Crippen LogP contribution in [-0.2, 0) is 16.1 Å². The van der Waals surface area contributed by atoms with Crippen molar-refractivity contribution in [1.82, 2.24) is 9.80 Å². The Morgan fingerprint density at radius 2 is 1.79 bits per heavy atom. The predicted octanol–water partition coefficient (Wildman–Crippen LogP) is 2.26. The number of ether oxygens (including phenoxy) is 1. The van der Waals surface area contributed by atoms with Gasteiger partial charge in [-0.1, -0.05) is 26.0 Å². The largest absolute Gasteiger partial charge is 0.368 e. The van der Waals surface area contributed by atoms with Crippen molar-refractivity contribution in [3.05, 3.63) is 35.4 Å². The molecular formula is C19H27N3O2. The van der Waals surface area contributed by atoms with Gasteiger partial charge in [0.05, 0.1) is 11.6 Å². The first-order valence-electron chi connectivity index (χ1n) is 8.61. The molecule has 1 heterocycles. The average Bonchev–Trinajstić information content (AvgIpc) is 2.60. The van der Waals surface area contributed by atoms with Crippen LogP contribution in [0.15, 0.2) is 24.3 Å². The predicted molar refractivity (Wildman–Crippen MR) is 93.3 cm³/mol. The number of amides is 1. The van der Waals surface area contributed by atoms with Gasteiger partial charge in [0.25, 0.3) is 5.91 Å². The standard InChI is InChI=1S/C19H27N3O2/c1-15(2)14-24-16(3)19(23)22-10-8-21(9-11-22)13-18-6-4-17(12-20)5-7-18/h4-7,15-16H,8-11,13-14H2,1-3H3/t16-/m1/s1. The third-order valence-electron chi connectivity index (χ3n) is 4.20. The maximum atomic E-state index is 12.4. The van der Waals surface area contributed by atoms with E-state index in [2.05, 4.69) is 24.8 Å². The normalized spacial score (nSPS) is 16.9. The third-order valence-corrected chi connectivity index (χ3v) is 4.20. The van der Waals surface area contributed by atoms with Crippen molar-refractivity contribution in [2.24, 2.45) is 5.92 Å². The number of benzene rings is 1. The summed E-state index contributed by atoms with van der Waals surface area (Å²) in [7, 11) is 0. The molecule has 24 heavy (non-hydrogen) atoms. The minimum atomic E-state index is -0.363. The second kappa shape index (κ2) is 8.81. The van der Waals surface area contributed by atoms with Gasteiger partial charge in [0.1, 0.15) is 6.10 Å². The SMILES string of the molecule is CC(C)CO[C@H](C)C(=O)N1CCN(Cc2ccc(C#N)cc2)CC1. The number of hydrogen-bond acceptors (Lipinski definition) is 4. The molecule has 0 bridgehead atoms. The van der Waals surface area contributed by atoms with Crippen molar-refractivity contribution in [3.8, 4) is 6.07 Å². The van der Waals surface area contributed by atoms with Crippen LogP contribution >= 0.6 is 0 Å². The number of nitriles is 1. The van der Waals surface area contributed by atoms with E-state index >= 15 is 0 Å². The van der Waals surface area contributed by atoms with Gasteiger partial charge in [-0.15, -0.1) is 0 Å². The lowest BCUT2D eigenvalue weighted by Gasteiger charge is -2.36. The van der Waals surface area contributed by atoms with Crippen molar-refractivity contribution in [2.45, 2.75) is 33.4 Å². The maximum absolute atomic E-state index is 12.4. The van der Waals surface area contributed by atoms with E-state index in [9.17, 15) is 4.79 Å². The van der Waals surface area contributed by atoms with Crippen LogP contribution in [0.25, 0.3) is 0 Å². The van der Waals surface area contributed by atoms with Crippen molar-refractivity contribution in [2.75, 3.05) is 32.8 Å². The Kier molecular flexibility index (Phi) is 6.77. The quantitative estimate of drug-likeness (QED) is 0.803. The van der Waals surface area contributed by atoms with Gasteiger partial charge in [-0.05, 0) is 30.5 Å². The molecule has 1 amide bonds. The number of piperazine rings is 1. The Morgan fingerprint density at radius 3 is 2.33 bits per heavy atom. The van der Waals surface area contributed by atoms with Crippen molar-refractivity contribution in [1.29, 1.82) is 5.26 Å². The lowest BCUT2D eigenvalue weighted by atomic mass is 10.1. The lowest BCUT2D eigenvalue weighted by Crippen LogP contribution is -2.51. The number of rotatable bonds is 6. The van der Waals surface area contributed by atoms with Gasteiger partial charge >= 0.3 is 0 Å². The Balaban J connectivity index is 1.78. The molecule has 1 aromatic carbocycles. The fourth-order valence-electron chi connectivity index (χ4n) is 2.73. The van der Waals surface area contributed by atoms with Crippen molar-refractivity contribution in [3.63, 3.8) is 0 Å². The third kappa shape index (κ3) is 5.33. The van der Waals surface area contributed by atoms with Gasteiger partial charge in [-0.25, -0.2) is 0 Å². The lowest BCUT2D eigenvalue weighted by molar-refractivity contribution is -0.145. The van der Waals surface area contributed by atoms with E-state index in [1.165, 1.54) is 5.56 Å². The highest BCUT2D eigenvalue weighted by Crippen LogP contribution is 2.11. The Labute approximate surface area is 144 Å². The highest BCUT2D eigenvalue weighted by molar-refractivity contribution is 5.80. The van der Waals surface area contributed by atoms with Crippen LogP contribution in [0.4, 0.5) is 0 Å². The van der Waals surface area contributed by atoms with Crippen LogP contribution in [0.3, 0.4) is 0 Å². The van der Waals surface area contributed by atoms with E-state index in [0.29, 0.717) is 18.1 Å². The molecule has 0 saturated carbocycles. The zero-order valence-electron chi connectivity index (χ0n) is 14.9. The molecule has 5 nitrogen and oxygen atoms in total. The minimum absolute atomic E-state index is 0.0914. The molecule has 0 spiro atoms. The summed E-state index contributed by atoms with van der Waals surface area (Å²) < 4.78 is 5.63. The summed E-state index contributed by atoms with van der Waals surface area (Å²) in [5.74, 6) is 0.526. The molecule has 0 radical (unpaired) electrons. The van der Waals surface area contributed by atoms with E-state index in [-0.39, 0.29) is 12.0 Å². The van der Waals surface area contributed by atoms with Gasteiger partial charge in [0, 0.05) is 39.3 Å². The van der Waals surface area contributed by atoms with Gasteiger partial charge in [0.15, 0.2) is 0 Å². The smallest absolute Gasteiger partial charge is 0.251 e. The molecular weight excluding hydrogens is 302 g/mol. The molecule has 1 atom stereocenters. The number of carbonyl (C=O) groups excluding carboxylic acids is 1. The number of carbonyl (C=O) groups is 1. The fourth-order valence-corrected chi connectivity index (χ4v) is 2.73. The summed E-state index contributed by atoms with van der Waals surface area (Å²) in [6.45, 7) is 10.7. The second-order valence-electron chi connectivity index (χ2n) is 6.78. The summed E-state index contributed by atoms with van der Waals surface area (Å²) in [5.41, 5.74) is 1.88. The van der Waals surface area contributed by atoms with Gasteiger partial charge < -0.3 is 9.64 Å². The van der Waals surface area contributed by atoms with Crippen LogP contribution in [-0.4, -0.2) is 54.6 Å². The highest BCUT2D eigenvalue weighted by atomic mass is 16.5. The molecule has 1 saturated heterocycles. The Bertz CT molecular complexity index is 569. The molecule has 1 fully saturated rings.